The molecule has 1 atom stereocenters. The van der Waals surface area contributed by atoms with E-state index in [-0.39, 0.29) is 17.5 Å². The molecule has 17 heavy (non-hydrogen) atoms. The Morgan fingerprint density at radius 2 is 2.12 bits per heavy atom. The fourth-order valence-corrected chi connectivity index (χ4v) is 2.19. The molecule has 0 saturated carbocycles. The average molecular weight is 232 g/mol. The number of para-hydroxylation sites is 1. The summed E-state index contributed by atoms with van der Waals surface area (Å²) in [6, 6.07) is 8.47. The lowest BCUT2D eigenvalue weighted by atomic mass is 10.1. The summed E-state index contributed by atoms with van der Waals surface area (Å²) in [6.07, 6.45) is 1.47. The summed E-state index contributed by atoms with van der Waals surface area (Å²) in [7, 11) is 0. The Balaban J connectivity index is 1.90. The number of hydrogen-bond acceptors (Lipinski definition) is 2. The zero-order valence-corrected chi connectivity index (χ0v) is 10.7. The molecular formula is C14H20N2O. The summed E-state index contributed by atoms with van der Waals surface area (Å²) < 4.78 is 0. The van der Waals surface area contributed by atoms with Crippen molar-refractivity contribution >= 4 is 11.6 Å². The molecule has 0 spiro atoms. The van der Waals surface area contributed by atoms with Crippen molar-refractivity contribution < 1.29 is 4.79 Å². The van der Waals surface area contributed by atoms with E-state index in [2.05, 4.69) is 22.8 Å². The van der Waals surface area contributed by atoms with Crippen LogP contribution in [0.4, 0.5) is 5.69 Å². The van der Waals surface area contributed by atoms with Crippen LogP contribution in [0.25, 0.3) is 0 Å². The van der Waals surface area contributed by atoms with Gasteiger partial charge in [-0.3, -0.25) is 4.79 Å². The smallest absolute Gasteiger partial charge is 0.222 e. The summed E-state index contributed by atoms with van der Waals surface area (Å²) in [5.41, 5.74) is 2.32. The van der Waals surface area contributed by atoms with Crippen LogP contribution in [0.15, 0.2) is 24.3 Å². The first kappa shape index (κ1) is 12.0. The number of carbonyl (C=O) groups excluding carboxylic acids is 1. The monoisotopic (exact) mass is 232 g/mol. The molecule has 1 aliphatic heterocycles. The molecule has 0 aliphatic carbocycles. The fraction of sp³-hybridized carbons (Fsp3) is 0.500. The van der Waals surface area contributed by atoms with Crippen molar-refractivity contribution in [1.82, 2.24) is 5.32 Å². The lowest BCUT2D eigenvalue weighted by molar-refractivity contribution is -0.122. The molecular weight excluding hydrogens is 212 g/mol. The summed E-state index contributed by atoms with van der Waals surface area (Å²) >= 11 is 0. The maximum Gasteiger partial charge on any atom is 0.222 e. The van der Waals surface area contributed by atoms with Gasteiger partial charge < -0.3 is 10.6 Å². The summed E-state index contributed by atoms with van der Waals surface area (Å²) in [5.74, 6) is 0.114. The maximum atomic E-state index is 11.8. The van der Waals surface area contributed by atoms with Crippen molar-refractivity contribution in [2.75, 3.05) is 5.32 Å². The number of anilines is 1. The molecule has 1 aromatic rings. The third-order valence-corrected chi connectivity index (χ3v) is 2.79. The predicted octanol–water partition coefficient (Wildman–Crippen LogP) is 2.33. The van der Waals surface area contributed by atoms with Crippen molar-refractivity contribution in [3.63, 3.8) is 0 Å². The Morgan fingerprint density at radius 3 is 2.76 bits per heavy atom. The topological polar surface area (TPSA) is 41.1 Å². The minimum atomic E-state index is -0.150. The van der Waals surface area contributed by atoms with Gasteiger partial charge in [0.25, 0.3) is 0 Å². The van der Waals surface area contributed by atoms with Gasteiger partial charge in [0.05, 0.1) is 0 Å². The van der Waals surface area contributed by atoms with Gasteiger partial charge in [-0.25, -0.2) is 0 Å². The molecule has 3 heteroatoms. The van der Waals surface area contributed by atoms with Crippen LogP contribution in [-0.4, -0.2) is 17.5 Å². The zero-order chi connectivity index (χ0) is 12.5. The second-order valence-electron chi connectivity index (χ2n) is 5.70. The molecule has 0 bridgehead atoms. The van der Waals surface area contributed by atoms with Gasteiger partial charge in [-0.2, -0.15) is 0 Å². The highest BCUT2D eigenvalue weighted by Gasteiger charge is 2.23. The van der Waals surface area contributed by atoms with Crippen molar-refractivity contribution in [3.05, 3.63) is 29.8 Å². The largest absolute Gasteiger partial charge is 0.381 e. The third-order valence-electron chi connectivity index (χ3n) is 2.79. The van der Waals surface area contributed by atoms with Crippen LogP contribution < -0.4 is 10.6 Å². The average Bonchev–Trinajstić information content (AvgIpc) is 2.55. The van der Waals surface area contributed by atoms with Crippen LogP contribution in [0.3, 0.4) is 0 Å². The van der Waals surface area contributed by atoms with Gasteiger partial charge >= 0.3 is 0 Å². The number of amides is 1. The van der Waals surface area contributed by atoms with Crippen molar-refractivity contribution in [3.8, 4) is 0 Å². The second-order valence-corrected chi connectivity index (χ2v) is 5.70. The molecule has 1 unspecified atom stereocenters. The van der Waals surface area contributed by atoms with Crippen molar-refractivity contribution in [2.45, 2.75) is 45.2 Å². The molecule has 0 saturated heterocycles. The van der Waals surface area contributed by atoms with Gasteiger partial charge in [0.15, 0.2) is 0 Å². The van der Waals surface area contributed by atoms with E-state index in [1.54, 1.807) is 0 Å². The Bertz CT molecular complexity index is 395. The van der Waals surface area contributed by atoms with E-state index in [4.69, 9.17) is 0 Å². The normalized spacial score (nSPS) is 18.4. The van der Waals surface area contributed by atoms with Gasteiger partial charge in [0.1, 0.15) is 0 Å². The molecule has 2 N–H and O–H groups in total. The van der Waals surface area contributed by atoms with Crippen LogP contribution in [0.5, 0.6) is 0 Å². The van der Waals surface area contributed by atoms with Crippen LogP contribution >= 0.6 is 0 Å². The third kappa shape index (κ3) is 3.22. The molecule has 1 amide bonds. The van der Waals surface area contributed by atoms with Crippen LogP contribution in [0, 0.1) is 0 Å². The van der Waals surface area contributed by atoms with Crippen LogP contribution in [0.1, 0.15) is 32.8 Å². The number of nitrogens with one attached hydrogen (secondary N) is 2. The Kier molecular flexibility index (Phi) is 3.09. The standard InChI is InChI=1S/C14H20N2O/c1-14(2,3)16-13(17)9-11-8-10-6-4-5-7-12(10)15-11/h4-7,11,15H,8-9H2,1-3H3,(H,16,17). The van der Waals surface area contributed by atoms with Crippen molar-refractivity contribution in [1.29, 1.82) is 0 Å². The van der Waals surface area contributed by atoms with Gasteiger partial charge in [-0.1, -0.05) is 18.2 Å². The number of benzene rings is 1. The number of rotatable bonds is 2. The van der Waals surface area contributed by atoms with Gasteiger partial charge in [0, 0.05) is 23.7 Å². The van der Waals surface area contributed by atoms with Gasteiger partial charge in [-0.15, -0.1) is 0 Å². The summed E-state index contributed by atoms with van der Waals surface area (Å²) in [6.45, 7) is 6.01. The van der Waals surface area contributed by atoms with E-state index >= 15 is 0 Å². The first-order valence-corrected chi connectivity index (χ1v) is 6.09. The quantitative estimate of drug-likeness (QED) is 0.821. The molecule has 1 aliphatic rings. The highest BCUT2D eigenvalue weighted by Crippen LogP contribution is 2.26. The van der Waals surface area contributed by atoms with E-state index in [0.717, 1.165) is 6.42 Å². The lowest BCUT2D eigenvalue weighted by Crippen LogP contribution is -2.42. The summed E-state index contributed by atoms with van der Waals surface area (Å²) in [5, 5.41) is 6.38. The number of fused-ring (bicyclic) bond motifs is 1. The lowest BCUT2D eigenvalue weighted by Gasteiger charge is -2.21. The molecule has 3 nitrogen and oxygen atoms in total. The highest BCUT2D eigenvalue weighted by atomic mass is 16.1. The summed E-state index contributed by atoms with van der Waals surface area (Å²) in [4.78, 5) is 11.8. The first-order valence-electron chi connectivity index (χ1n) is 6.09. The SMILES string of the molecule is CC(C)(C)NC(=O)CC1Cc2ccccc2N1. The molecule has 0 aromatic heterocycles. The van der Waals surface area contributed by atoms with E-state index in [1.807, 2.05) is 32.9 Å². The highest BCUT2D eigenvalue weighted by molar-refractivity contribution is 5.78. The molecule has 1 aromatic carbocycles. The second kappa shape index (κ2) is 4.40. The van der Waals surface area contributed by atoms with Gasteiger partial charge in [0.2, 0.25) is 5.91 Å². The fourth-order valence-electron chi connectivity index (χ4n) is 2.19. The molecule has 2 rings (SSSR count). The first-order chi connectivity index (χ1) is 7.94. The Hall–Kier alpha value is -1.51. The van der Waals surface area contributed by atoms with E-state index < -0.39 is 0 Å². The zero-order valence-electron chi connectivity index (χ0n) is 10.7. The number of carbonyl (C=O) groups is 1. The minimum Gasteiger partial charge on any atom is -0.381 e. The Morgan fingerprint density at radius 1 is 1.41 bits per heavy atom. The van der Waals surface area contributed by atoms with Crippen LogP contribution in [0.2, 0.25) is 0 Å². The molecule has 92 valence electrons. The maximum absolute atomic E-state index is 11.8. The van der Waals surface area contributed by atoms with E-state index in [1.165, 1.54) is 11.3 Å². The predicted molar refractivity (Wildman–Crippen MR) is 70.1 cm³/mol. The van der Waals surface area contributed by atoms with E-state index in [0.29, 0.717) is 6.42 Å². The number of hydrogen-bond donors (Lipinski definition) is 2. The van der Waals surface area contributed by atoms with Gasteiger partial charge in [-0.05, 0) is 38.8 Å². The minimum absolute atomic E-state index is 0.114. The molecule has 0 fully saturated rings. The Labute approximate surface area is 103 Å². The molecule has 0 radical (unpaired) electrons. The van der Waals surface area contributed by atoms with Crippen LogP contribution in [-0.2, 0) is 11.2 Å². The van der Waals surface area contributed by atoms with Crippen molar-refractivity contribution in [2.24, 2.45) is 0 Å². The van der Waals surface area contributed by atoms with E-state index in [9.17, 15) is 4.79 Å². The molecule has 1 heterocycles.